The van der Waals surface area contributed by atoms with Crippen LogP contribution in [0.3, 0.4) is 0 Å². The first-order valence-corrected chi connectivity index (χ1v) is 6.38. The first-order valence-electron chi connectivity index (χ1n) is 5.40. The van der Waals surface area contributed by atoms with Crippen LogP contribution >= 0.6 is 11.8 Å². The Labute approximate surface area is 103 Å². The standard InChI is InChI=1S/C10H14N2O4S/c1-10-3-2-7(13)12(10)6(5-17-10)9(16)11-4-8(14)15/h6H,2-5H2,1H3,(H,11,16)(H,14,15). The zero-order valence-electron chi connectivity index (χ0n) is 9.43. The molecular weight excluding hydrogens is 244 g/mol. The van der Waals surface area contributed by atoms with E-state index in [9.17, 15) is 14.4 Å². The molecule has 0 saturated carbocycles. The van der Waals surface area contributed by atoms with Crippen LogP contribution in [0.25, 0.3) is 0 Å². The average Bonchev–Trinajstić information content (AvgIpc) is 2.73. The minimum Gasteiger partial charge on any atom is -0.480 e. The number of aliphatic carboxylic acids is 1. The third-order valence-electron chi connectivity index (χ3n) is 3.16. The van der Waals surface area contributed by atoms with Gasteiger partial charge in [0.25, 0.3) is 0 Å². The van der Waals surface area contributed by atoms with Crippen molar-refractivity contribution in [1.82, 2.24) is 10.2 Å². The number of hydrogen-bond donors (Lipinski definition) is 2. The van der Waals surface area contributed by atoms with E-state index in [0.29, 0.717) is 12.2 Å². The van der Waals surface area contributed by atoms with Crippen molar-refractivity contribution in [3.05, 3.63) is 0 Å². The molecule has 2 unspecified atom stereocenters. The first-order chi connectivity index (χ1) is 7.94. The number of nitrogens with zero attached hydrogens (tertiary/aromatic N) is 1. The smallest absolute Gasteiger partial charge is 0.322 e. The highest BCUT2D eigenvalue weighted by molar-refractivity contribution is 8.01. The number of rotatable bonds is 3. The van der Waals surface area contributed by atoms with Crippen LogP contribution in [0.15, 0.2) is 0 Å². The third kappa shape index (κ3) is 2.11. The Balaban J connectivity index is 2.05. The van der Waals surface area contributed by atoms with Crippen LogP contribution in [0.1, 0.15) is 19.8 Å². The van der Waals surface area contributed by atoms with E-state index in [1.165, 1.54) is 0 Å². The van der Waals surface area contributed by atoms with Crippen molar-refractivity contribution in [3.8, 4) is 0 Å². The van der Waals surface area contributed by atoms with E-state index in [1.807, 2.05) is 6.92 Å². The zero-order valence-corrected chi connectivity index (χ0v) is 10.2. The molecule has 2 aliphatic heterocycles. The monoisotopic (exact) mass is 258 g/mol. The Morgan fingerprint density at radius 2 is 2.35 bits per heavy atom. The molecule has 2 saturated heterocycles. The van der Waals surface area contributed by atoms with Gasteiger partial charge in [0.2, 0.25) is 11.8 Å². The van der Waals surface area contributed by atoms with Gasteiger partial charge < -0.3 is 15.3 Å². The number of carbonyl (C=O) groups is 3. The molecule has 2 atom stereocenters. The van der Waals surface area contributed by atoms with Gasteiger partial charge in [0, 0.05) is 12.2 Å². The SMILES string of the molecule is CC12CCC(=O)N1C(C(=O)NCC(=O)O)CS2. The van der Waals surface area contributed by atoms with Crippen LogP contribution in [0.4, 0.5) is 0 Å². The van der Waals surface area contributed by atoms with Gasteiger partial charge in [-0.15, -0.1) is 11.8 Å². The topological polar surface area (TPSA) is 86.7 Å². The lowest BCUT2D eigenvalue weighted by Crippen LogP contribution is -2.50. The molecule has 0 radical (unpaired) electrons. The minimum absolute atomic E-state index is 0.0204. The van der Waals surface area contributed by atoms with Crippen LogP contribution in [-0.2, 0) is 14.4 Å². The van der Waals surface area contributed by atoms with E-state index in [0.717, 1.165) is 6.42 Å². The molecule has 0 aromatic carbocycles. The molecule has 17 heavy (non-hydrogen) atoms. The van der Waals surface area contributed by atoms with E-state index < -0.39 is 18.6 Å². The van der Waals surface area contributed by atoms with Crippen molar-refractivity contribution in [3.63, 3.8) is 0 Å². The number of amides is 2. The fourth-order valence-electron chi connectivity index (χ4n) is 2.30. The van der Waals surface area contributed by atoms with Gasteiger partial charge in [-0.05, 0) is 13.3 Å². The molecule has 2 amide bonds. The molecule has 2 aliphatic rings. The summed E-state index contributed by atoms with van der Waals surface area (Å²) in [6.45, 7) is 1.55. The van der Waals surface area contributed by atoms with Gasteiger partial charge in [0.15, 0.2) is 0 Å². The number of fused-ring (bicyclic) bond motifs is 1. The highest BCUT2D eigenvalue weighted by Gasteiger charge is 2.52. The highest BCUT2D eigenvalue weighted by atomic mass is 32.2. The summed E-state index contributed by atoms with van der Waals surface area (Å²) in [6, 6.07) is -0.528. The van der Waals surface area contributed by atoms with E-state index >= 15 is 0 Å². The van der Waals surface area contributed by atoms with Gasteiger partial charge in [-0.2, -0.15) is 0 Å². The fourth-order valence-corrected chi connectivity index (χ4v) is 3.73. The molecule has 0 aromatic heterocycles. The van der Waals surface area contributed by atoms with Crippen LogP contribution in [0.2, 0.25) is 0 Å². The van der Waals surface area contributed by atoms with Crippen LogP contribution in [-0.4, -0.2) is 51.0 Å². The molecule has 94 valence electrons. The summed E-state index contributed by atoms with van der Waals surface area (Å²) in [5.41, 5.74) is 0. The molecule has 0 aliphatic carbocycles. The molecule has 2 rings (SSSR count). The molecule has 6 nitrogen and oxygen atoms in total. The maximum atomic E-state index is 11.8. The summed E-state index contributed by atoms with van der Waals surface area (Å²) in [5, 5.41) is 10.8. The first kappa shape index (κ1) is 12.2. The summed E-state index contributed by atoms with van der Waals surface area (Å²) in [6.07, 6.45) is 1.21. The van der Waals surface area contributed by atoms with Crippen molar-refractivity contribution < 1.29 is 19.5 Å². The number of carbonyl (C=O) groups excluding carboxylic acids is 2. The average molecular weight is 258 g/mol. The highest BCUT2D eigenvalue weighted by Crippen LogP contribution is 2.47. The lowest BCUT2D eigenvalue weighted by Gasteiger charge is -2.29. The van der Waals surface area contributed by atoms with Crippen LogP contribution in [0.5, 0.6) is 0 Å². The summed E-state index contributed by atoms with van der Waals surface area (Å²) >= 11 is 1.59. The number of hydrogen-bond acceptors (Lipinski definition) is 4. The van der Waals surface area contributed by atoms with Gasteiger partial charge in [-0.1, -0.05) is 0 Å². The quantitative estimate of drug-likeness (QED) is 0.722. The lowest BCUT2D eigenvalue weighted by atomic mass is 10.2. The van der Waals surface area contributed by atoms with Gasteiger partial charge in [-0.3, -0.25) is 14.4 Å². The second-order valence-corrected chi connectivity index (χ2v) is 5.88. The molecule has 0 aromatic rings. The normalized spacial score (nSPS) is 31.5. The largest absolute Gasteiger partial charge is 0.480 e. The predicted molar refractivity (Wildman–Crippen MR) is 61.4 cm³/mol. The van der Waals surface area contributed by atoms with Crippen molar-refractivity contribution in [2.45, 2.75) is 30.7 Å². The number of nitrogens with one attached hydrogen (secondary N) is 1. The second kappa shape index (κ2) is 4.21. The Hall–Kier alpha value is -1.24. The molecule has 0 bridgehead atoms. The molecule has 0 spiro atoms. The zero-order chi connectivity index (χ0) is 12.6. The summed E-state index contributed by atoms with van der Waals surface area (Å²) in [7, 11) is 0. The van der Waals surface area contributed by atoms with Crippen LogP contribution < -0.4 is 5.32 Å². The van der Waals surface area contributed by atoms with Gasteiger partial charge >= 0.3 is 5.97 Å². The van der Waals surface area contributed by atoms with Crippen molar-refractivity contribution in [2.24, 2.45) is 0 Å². The van der Waals surface area contributed by atoms with Gasteiger partial charge in [-0.25, -0.2) is 0 Å². The Bertz CT molecular complexity index is 387. The summed E-state index contributed by atoms with van der Waals surface area (Å²) in [4.78, 5) is 35.2. The minimum atomic E-state index is -1.08. The number of carboxylic acid groups (broad SMARTS) is 1. The molecular formula is C10H14N2O4S. The Kier molecular flexibility index (Phi) is 3.03. The van der Waals surface area contributed by atoms with E-state index in [1.54, 1.807) is 16.7 Å². The van der Waals surface area contributed by atoms with Gasteiger partial charge in [0.1, 0.15) is 12.6 Å². The number of thioether (sulfide) groups is 1. The lowest BCUT2D eigenvalue weighted by molar-refractivity contribution is -0.140. The van der Waals surface area contributed by atoms with Gasteiger partial charge in [0.05, 0.1) is 4.87 Å². The van der Waals surface area contributed by atoms with E-state index in [-0.39, 0.29) is 16.7 Å². The van der Waals surface area contributed by atoms with E-state index in [4.69, 9.17) is 5.11 Å². The predicted octanol–water partition coefficient (Wildman–Crippen LogP) is -0.359. The fraction of sp³-hybridized carbons (Fsp3) is 0.700. The molecule has 2 fully saturated rings. The summed E-state index contributed by atoms with van der Waals surface area (Å²) < 4.78 is 0. The van der Waals surface area contributed by atoms with Crippen molar-refractivity contribution in [1.29, 1.82) is 0 Å². The summed E-state index contributed by atoms with van der Waals surface area (Å²) in [5.74, 6) is -0.945. The Morgan fingerprint density at radius 1 is 1.65 bits per heavy atom. The molecule has 2 N–H and O–H groups in total. The maximum Gasteiger partial charge on any atom is 0.322 e. The van der Waals surface area contributed by atoms with Crippen LogP contribution in [0, 0.1) is 0 Å². The number of carboxylic acids is 1. The van der Waals surface area contributed by atoms with Crippen molar-refractivity contribution in [2.75, 3.05) is 12.3 Å². The third-order valence-corrected chi connectivity index (χ3v) is 4.67. The maximum absolute atomic E-state index is 11.8. The van der Waals surface area contributed by atoms with E-state index in [2.05, 4.69) is 5.32 Å². The molecule has 2 heterocycles. The Morgan fingerprint density at radius 3 is 3.00 bits per heavy atom. The van der Waals surface area contributed by atoms with Crippen molar-refractivity contribution >= 4 is 29.5 Å². The second-order valence-electron chi connectivity index (χ2n) is 4.38. The molecule has 7 heteroatoms.